The molecule has 2 aliphatic heterocycles. The molecule has 3 unspecified atom stereocenters. The Morgan fingerprint density at radius 1 is 0.733 bits per heavy atom. The van der Waals surface area contributed by atoms with Crippen molar-refractivity contribution < 1.29 is 10.2 Å². The molecule has 3 aromatic heterocycles. The number of hydrogen-bond donors (Lipinski definition) is 5. The number of nitrogens with one attached hydrogen (secondary N) is 3. The van der Waals surface area contributed by atoms with Crippen LogP contribution in [-0.4, -0.2) is 48.6 Å². The van der Waals surface area contributed by atoms with E-state index in [1.165, 1.54) is 0 Å². The molecule has 8 bridgehead atoms. The van der Waals surface area contributed by atoms with E-state index in [0.29, 0.717) is 11.3 Å². The Labute approximate surface area is 173 Å². The second kappa shape index (κ2) is 6.86. The van der Waals surface area contributed by atoms with Crippen LogP contribution < -0.4 is 21.4 Å². The molecule has 30 heavy (non-hydrogen) atoms. The third-order valence-corrected chi connectivity index (χ3v) is 5.61. The lowest BCUT2D eigenvalue weighted by Gasteiger charge is -2.23. The first-order valence-corrected chi connectivity index (χ1v) is 10.1. The van der Waals surface area contributed by atoms with Crippen LogP contribution >= 0.6 is 0 Å². The predicted octanol–water partition coefficient (Wildman–Crippen LogP) is -0.215. The molecule has 3 atom stereocenters. The molecular weight excluding hydrogens is 376 g/mol. The number of aliphatic hydroxyl groups excluding tert-OH is 2. The lowest BCUT2D eigenvalue weighted by molar-refractivity contribution is 0.158. The highest BCUT2D eigenvalue weighted by molar-refractivity contribution is 6.23. The van der Waals surface area contributed by atoms with E-state index < -0.39 is 17.7 Å². The Morgan fingerprint density at radius 2 is 1.30 bits per heavy atom. The highest BCUT2D eigenvalue weighted by Gasteiger charge is 2.37. The van der Waals surface area contributed by atoms with Gasteiger partial charge < -0.3 is 25.2 Å². The second-order valence-corrected chi connectivity index (χ2v) is 8.02. The SMILES string of the molecule is CC(O)C1=CC2(C(C)O)/C=c3/cc/c([nH]3)=C/c3ccc([nH]3)/C=c3/ccc([nH]3)=CC1=N2. The number of nitrogens with zero attached hydrogens (tertiary/aromatic N) is 1. The van der Waals surface area contributed by atoms with Crippen LogP contribution in [-0.2, 0) is 0 Å². The molecule has 0 radical (unpaired) electrons. The Balaban J connectivity index is 1.82. The van der Waals surface area contributed by atoms with Crippen LogP contribution in [0.1, 0.15) is 25.2 Å². The smallest absolute Gasteiger partial charge is 0.126 e. The van der Waals surface area contributed by atoms with Crippen molar-refractivity contribution in [3.63, 3.8) is 0 Å². The van der Waals surface area contributed by atoms with Crippen molar-refractivity contribution in [1.29, 1.82) is 0 Å². The van der Waals surface area contributed by atoms with Gasteiger partial charge in [0.05, 0.1) is 17.9 Å². The molecule has 0 fully saturated rings. The van der Waals surface area contributed by atoms with Gasteiger partial charge in [0.15, 0.2) is 0 Å². The molecule has 0 spiro atoms. The number of aromatic amines is 3. The first-order chi connectivity index (χ1) is 14.4. The standard InChI is InChI=1S/C24H24N4O2/c1-14(29)22-13-24(15(2)30)12-21-8-7-19(27-21)10-17-4-3-16(25-17)9-18-5-6-20(26-18)11-23(22)28-24/h3-15,25-27,29-30H,1-2H3/b18-9-,19-10-,20-11?,21-12-. The van der Waals surface area contributed by atoms with Crippen LogP contribution in [0.5, 0.6) is 0 Å². The quantitative estimate of drug-likeness (QED) is 0.411. The van der Waals surface area contributed by atoms with Crippen molar-refractivity contribution in [2.45, 2.75) is 31.6 Å². The molecular formula is C24H24N4O2. The summed E-state index contributed by atoms with van der Waals surface area (Å²) in [5, 5.41) is 24.7. The minimum absolute atomic E-state index is 0.656. The minimum atomic E-state index is -0.960. The summed E-state index contributed by atoms with van der Waals surface area (Å²) < 4.78 is 0. The zero-order chi connectivity index (χ0) is 20.9. The first-order valence-electron chi connectivity index (χ1n) is 10.1. The van der Waals surface area contributed by atoms with E-state index in [-0.39, 0.29) is 0 Å². The van der Waals surface area contributed by atoms with E-state index in [0.717, 1.165) is 32.8 Å². The Bertz CT molecular complexity index is 1410. The van der Waals surface area contributed by atoms with Crippen molar-refractivity contribution in [2.75, 3.05) is 0 Å². The van der Waals surface area contributed by atoms with Gasteiger partial charge in [0.25, 0.3) is 0 Å². The summed E-state index contributed by atoms with van der Waals surface area (Å²) in [6.45, 7) is 3.43. The van der Waals surface area contributed by atoms with Gasteiger partial charge in [-0.05, 0) is 80.6 Å². The normalized spacial score (nSPS) is 25.4. The Kier molecular flexibility index (Phi) is 4.27. The Morgan fingerprint density at radius 3 is 1.90 bits per heavy atom. The summed E-state index contributed by atoms with van der Waals surface area (Å²) in [5.41, 5.74) is 2.38. The fourth-order valence-corrected chi connectivity index (χ4v) is 4.01. The maximum Gasteiger partial charge on any atom is 0.126 e. The van der Waals surface area contributed by atoms with Crippen molar-refractivity contribution >= 4 is 30.0 Å². The van der Waals surface area contributed by atoms with E-state index in [1.807, 2.05) is 66.8 Å². The zero-order valence-corrected chi connectivity index (χ0v) is 16.8. The zero-order valence-electron chi connectivity index (χ0n) is 16.8. The van der Waals surface area contributed by atoms with Gasteiger partial charge in [-0.15, -0.1) is 0 Å². The molecule has 5 N–H and O–H groups in total. The number of fused-ring (bicyclic) bond motifs is 7. The van der Waals surface area contributed by atoms with Gasteiger partial charge in [0.1, 0.15) is 5.54 Å². The summed E-state index contributed by atoms with van der Waals surface area (Å²) >= 11 is 0. The first kappa shape index (κ1) is 18.7. The van der Waals surface area contributed by atoms with Crippen molar-refractivity contribution in [2.24, 2.45) is 4.99 Å². The van der Waals surface area contributed by atoms with Crippen LogP contribution in [0, 0.1) is 0 Å². The number of aromatic nitrogens is 3. The summed E-state index contributed by atoms with van der Waals surface area (Å²) in [7, 11) is 0. The topological polar surface area (TPSA) is 100 Å². The molecule has 0 aromatic carbocycles. The largest absolute Gasteiger partial charge is 0.390 e. The molecule has 0 aliphatic carbocycles. The number of aliphatic imine (C=N–C) groups is 1. The third kappa shape index (κ3) is 3.30. The molecule has 5 rings (SSSR count). The molecule has 0 saturated heterocycles. The highest BCUT2D eigenvalue weighted by Crippen LogP contribution is 2.31. The molecule has 5 heterocycles. The maximum absolute atomic E-state index is 10.7. The van der Waals surface area contributed by atoms with Crippen LogP contribution in [0.4, 0.5) is 0 Å². The predicted molar refractivity (Wildman–Crippen MR) is 119 cm³/mol. The maximum atomic E-state index is 10.7. The lowest BCUT2D eigenvalue weighted by Crippen LogP contribution is -2.35. The fourth-order valence-electron chi connectivity index (χ4n) is 4.01. The van der Waals surface area contributed by atoms with Crippen LogP contribution in [0.2, 0.25) is 0 Å². The van der Waals surface area contributed by atoms with E-state index in [4.69, 9.17) is 4.99 Å². The number of hydrogen-bond acceptors (Lipinski definition) is 3. The van der Waals surface area contributed by atoms with E-state index in [9.17, 15) is 10.2 Å². The van der Waals surface area contributed by atoms with Gasteiger partial charge in [0.2, 0.25) is 0 Å². The number of aliphatic hydroxyl groups is 2. The molecule has 6 nitrogen and oxygen atoms in total. The molecule has 3 aromatic rings. The van der Waals surface area contributed by atoms with Crippen LogP contribution in [0.3, 0.4) is 0 Å². The summed E-state index contributed by atoms with van der Waals surface area (Å²) in [4.78, 5) is 15.0. The van der Waals surface area contributed by atoms with Crippen LogP contribution in [0.15, 0.2) is 53.0 Å². The fraction of sp³-hybridized carbons (Fsp3) is 0.208. The monoisotopic (exact) mass is 400 g/mol. The lowest BCUT2D eigenvalue weighted by atomic mass is 9.92. The molecule has 152 valence electrons. The van der Waals surface area contributed by atoms with Gasteiger partial charge in [-0.2, -0.15) is 0 Å². The van der Waals surface area contributed by atoms with Crippen molar-refractivity contribution in [1.82, 2.24) is 15.0 Å². The molecule has 0 amide bonds. The second-order valence-electron chi connectivity index (χ2n) is 8.02. The van der Waals surface area contributed by atoms with Gasteiger partial charge >= 0.3 is 0 Å². The third-order valence-electron chi connectivity index (χ3n) is 5.61. The molecule has 0 saturated carbocycles. The minimum Gasteiger partial charge on any atom is -0.390 e. The van der Waals surface area contributed by atoms with Crippen molar-refractivity contribution in [3.05, 3.63) is 80.8 Å². The Hall–Kier alpha value is -3.35. The summed E-state index contributed by atoms with van der Waals surface area (Å²) in [6.07, 6.45) is 8.28. The number of rotatable bonds is 2. The van der Waals surface area contributed by atoms with Gasteiger partial charge in [0, 0.05) is 38.4 Å². The molecule has 6 heteroatoms. The summed E-state index contributed by atoms with van der Waals surface area (Å²) in [5.74, 6) is 0. The van der Waals surface area contributed by atoms with Crippen molar-refractivity contribution in [3.8, 4) is 0 Å². The molecule has 2 aliphatic rings. The van der Waals surface area contributed by atoms with E-state index in [1.54, 1.807) is 13.8 Å². The van der Waals surface area contributed by atoms with Crippen LogP contribution in [0.25, 0.3) is 24.3 Å². The van der Waals surface area contributed by atoms with E-state index >= 15 is 0 Å². The average Bonchev–Trinajstić information content (AvgIpc) is 3.45. The summed E-state index contributed by atoms with van der Waals surface area (Å²) in [6, 6.07) is 12.0. The highest BCUT2D eigenvalue weighted by atomic mass is 16.3. The average molecular weight is 400 g/mol. The van der Waals surface area contributed by atoms with Gasteiger partial charge in [-0.1, -0.05) is 0 Å². The van der Waals surface area contributed by atoms with Gasteiger partial charge in [-0.3, -0.25) is 4.99 Å². The number of H-pyrrole nitrogens is 3. The van der Waals surface area contributed by atoms with Gasteiger partial charge in [-0.25, -0.2) is 0 Å². The van der Waals surface area contributed by atoms with E-state index in [2.05, 4.69) is 15.0 Å².